The number of amides is 1. The number of aryl methyl sites for hydroxylation is 1. The number of carbonyl (C=O) groups is 1. The second-order valence-corrected chi connectivity index (χ2v) is 6.86. The maximum atomic E-state index is 11.5. The predicted octanol–water partition coefficient (Wildman–Crippen LogP) is 3.32. The highest BCUT2D eigenvalue weighted by Crippen LogP contribution is 2.33. The number of benzene rings is 1. The minimum absolute atomic E-state index is 0.156. The van der Waals surface area contributed by atoms with Gasteiger partial charge in [-0.1, -0.05) is 22.9 Å². The largest absolute Gasteiger partial charge is 0.346 e. The third-order valence-electron chi connectivity index (χ3n) is 3.85. The molecule has 0 saturated carbocycles. The average molecular weight is 324 g/mol. The number of fused-ring (bicyclic) bond motifs is 1. The Morgan fingerprint density at radius 1 is 1.29 bits per heavy atom. The molecule has 1 saturated heterocycles. The number of hydrogen-bond acceptors (Lipinski definition) is 4. The summed E-state index contributed by atoms with van der Waals surface area (Å²) in [4.78, 5) is 20.5. The Hall–Kier alpha value is -1.33. The molecule has 0 aliphatic carbocycles. The van der Waals surface area contributed by atoms with E-state index in [4.69, 9.17) is 16.6 Å². The molecule has 3 rings (SSSR count). The number of anilines is 1. The van der Waals surface area contributed by atoms with Gasteiger partial charge in [-0.3, -0.25) is 4.79 Å². The molecule has 1 aliphatic rings. The summed E-state index contributed by atoms with van der Waals surface area (Å²) in [6.45, 7) is 7.06. The van der Waals surface area contributed by atoms with Crippen LogP contribution < -0.4 is 4.90 Å². The summed E-state index contributed by atoms with van der Waals surface area (Å²) < 4.78 is 1.13. The molecule has 21 heavy (non-hydrogen) atoms. The van der Waals surface area contributed by atoms with Crippen LogP contribution in [0.1, 0.15) is 18.9 Å². The molecule has 0 radical (unpaired) electrons. The highest BCUT2D eigenvalue weighted by molar-refractivity contribution is 7.22. The molecule has 0 N–H and O–H groups in total. The van der Waals surface area contributed by atoms with Gasteiger partial charge in [0.1, 0.15) is 0 Å². The molecule has 112 valence electrons. The van der Waals surface area contributed by atoms with E-state index in [2.05, 4.69) is 4.90 Å². The molecule has 1 aliphatic heterocycles. The Labute approximate surface area is 133 Å². The zero-order valence-electron chi connectivity index (χ0n) is 12.2. The Bertz CT molecular complexity index is 685. The van der Waals surface area contributed by atoms with Gasteiger partial charge in [0.05, 0.1) is 10.2 Å². The second-order valence-electron chi connectivity index (χ2n) is 5.41. The van der Waals surface area contributed by atoms with Crippen LogP contribution in [0.25, 0.3) is 10.2 Å². The van der Waals surface area contributed by atoms with Gasteiger partial charge >= 0.3 is 0 Å². The smallest absolute Gasteiger partial charge is 0.219 e. The molecule has 2 heterocycles. The number of aromatic nitrogens is 1. The Kier molecular flexibility index (Phi) is 4.04. The topological polar surface area (TPSA) is 36.4 Å². The van der Waals surface area contributed by atoms with Gasteiger partial charge in [0.2, 0.25) is 5.91 Å². The van der Waals surface area contributed by atoms with Crippen molar-refractivity contribution in [3.8, 4) is 0 Å². The standard InChI is InChI=1S/C15H18ClN3OS/c1-10-8-12(16)9-13-14(10)17-15(21-13)19-5-3-4-18(6-7-19)11(2)20/h8-9H,3-7H2,1-2H3. The Balaban J connectivity index is 1.87. The van der Waals surface area contributed by atoms with Crippen LogP contribution in [0.4, 0.5) is 5.13 Å². The van der Waals surface area contributed by atoms with Crippen LogP contribution in [-0.4, -0.2) is 42.0 Å². The fourth-order valence-corrected chi connectivity index (χ4v) is 4.17. The van der Waals surface area contributed by atoms with E-state index in [1.165, 1.54) is 0 Å². The zero-order chi connectivity index (χ0) is 15.0. The molecule has 1 amide bonds. The molecule has 1 fully saturated rings. The average Bonchev–Trinajstić information content (AvgIpc) is 2.69. The highest BCUT2D eigenvalue weighted by Gasteiger charge is 2.19. The fraction of sp³-hybridized carbons (Fsp3) is 0.467. The summed E-state index contributed by atoms with van der Waals surface area (Å²) >= 11 is 7.80. The maximum absolute atomic E-state index is 11.5. The molecule has 6 heteroatoms. The van der Waals surface area contributed by atoms with Crippen molar-refractivity contribution < 1.29 is 4.79 Å². The molecule has 1 aromatic heterocycles. The van der Waals surface area contributed by atoms with Gasteiger partial charge in [0, 0.05) is 38.1 Å². The number of carbonyl (C=O) groups excluding carboxylic acids is 1. The van der Waals surface area contributed by atoms with E-state index in [0.29, 0.717) is 0 Å². The lowest BCUT2D eigenvalue weighted by Crippen LogP contribution is -2.33. The van der Waals surface area contributed by atoms with Gasteiger partial charge in [0.15, 0.2) is 5.13 Å². The normalized spacial score (nSPS) is 16.3. The van der Waals surface area contributed by atoms with E-state index in [-0.39, 0.29) is 5.91 Å². The summed E-state index contributed by atoms with van der Waals surface area (Å²) in [6, 6.07) is 3.93. The van der Waals surface area contributed by atoms with Crippen molar-refractivity contribution in [2.45, 2.75) is 20.3 Å². The van der Waals surface area contributed by atoms with Gasteiger partial charge in [-0.25, -0.2) is 4.98 Å². The molecule has 0 unspecified atom stereocenters. The zero-order valence-corrected chi connectivity index (χ0v) is 13.8. The van der Waals surface area contributed by atoms with Gasteiger partial charge in [0.25, 0.3) is 0 Å². The fourth-order valence-electron chi connectivity index (χ4n) is 2.70. The van der Waals surface area contributed by atoms with E-state index in [0.717, 1.165) is 58.5 Å². The highest BCUT2D eigenvalue weighted by atomic mass is 35.5. The second kappa shape index (κ2) is 5.81. The lowest BCUT2D eigenvalue weighted by molar-refractivity contribution is -0.128. The molecule has 4 nitrogen and oxygen atoms in total. The number of thiazole rings is 1. The first-order valence-electron chi connectivity index (χ1n) is 7.12. The van der Waals surface area contributed by atoms with Gasteiger partial charge in [-0.15, -0.1) is 0 Å². The summed E-state index contributed by atoms with van der Waals surface area (Å²) in [7, 11) is 0. The SMILES string of the molecule is CC(=O)N1CCCN(c2nc3c(C)cc(Cl)cc3s2)CC1. The predicted molar refractivity (Wildman–Crippen MR) is 88.5 cm³/mol. The van der Waals surface area contributed by atoms with Gasteiger partial charge in [-0.05, 0) is 31.0 Å². The van der Waals surface area contributed by atoms with E-state index >= 15 is 0 Å². The third kappa shape index (κ3) is 2.99. The molecule has 0 spiro atoms. The van der Waals surface area contributed by atoms with Crippen molar-refractivity contribution >= 4 is 44.2 Å². The van der Waals surface area contributed by atoms with E-state index in [1.54, 1.807) is 18.3 Å². The van der Waals surface area contributed by atoms with Crippen molar-refractivity contribution in [1.29, 1.82) is 0 Å². The lowest BCUT2D eigenvalue weighted by atomic mass is 10.2. The first-order valence-corrected chi connectivity index (χ1v) is 8.31. The molecule has 1 aromatic carbocycles. The monoisotopic (exact) mass is 323 g/mol. The first kappa shape index (κ1) is 14.6. The van der Waals surface area contributed by atoms with Crippen LogP contribution in [-0.2, 0) is 4.79 Å². The van der Waals surface area contributed by atoms with Crippen molar-refractivity contribution in [2.24, 2.45) is 0 Å². The maximum Gasteiger partial charge on any atom is 0.219 e. The third-order valence-corrected chi connectivity index (χ3v) is 5.13. The number of halogens is 1. The van der Waals surface area contributed by atoms with Gasteiger partial charge < -0.3 is 9.80 Å². The number of rotatable bonds is 1. The summed E-state index contributed by atoms with van der Waals surface area (Å²) in [6.07, 6.45) is 0.981. The summed E-state index contributed by atoms with van der Waals surface area (Å²) in [5.74, 6) is 0.156. The van der Waals surface area contributed by atoms with Crippen LogP contribution in [0.3, 0.4) is 0 Å². The Morgan fingerprint density at radius 3 is 2.86 bits per heavy atom. The van der Waals surface area contributed by atoms with Crippen LogP contribution in [0.15, 0.2) is 12.1 Å². The Morgan fingerprint density at radius 2 is 2.10 bits per heavy atom. The molecular weight excluding hydrogens is 306 g/mol. The van der Waals surface area contributed by atoms with E-state index in [1.807, 2.05) is 24.0 Å². The lowest BCUT2D eigenvalue weighted by Gasteiger charge is -2.20. The van der Waals surface area contributed by atoms with Crippen molar-refractivity contribution in [3.63, 3.8) is 0 Å². The molecule has 0 atom stereocenters. The van der Waals surface area contributed by atoms with Crippen molar-refractivity contribution in [3.05, 3.63) is 22.7 Å². The van der Waals surface area contributed by atoms with Crippen LogP contribution >= 0.6 is 22.9 Å². The summed E-state index contributed by atoms with van der Waals surface area (Å²) in [5, 5.41) is 1.79. The van der Waals surface area contributed by atoms with Crippen molar-refractivity contribution in [2.75, 3.05) is 31.1 Å². The van der Waals surface area contributed by atoms with Crippen LogP contribution in [0.2, 0.25) is 5.02 Å². The number of nitrogens with zero attached hydrogens (tertiary/aromatic N) is 3. The molecule has 0 bridgehead atoms. The quantitative estimate of drug-likeness (QED) is 0.807. The van der Waals surface area contributed by atoms with Gasteiger partial charge in [-0.2, -0.15) is 0 Å². The molecular formula is C15H18ClN3OS. The minimum atomic E-state index is 0.156. The minimum Gasteiger partial charge on any atom is -0.346 e. The van der Waals surface area contributed by atoms with Crippen LogP contribution in [0.5, 0.6) is 0 Å². The van der Waals surface area contributed by atoms with E-state index < -0.39 is 0 Å². The summed E-state index contributed by atoms with van der Waals surface area (Å²) in [5.41, 5.74) is 2.15. The van der Waals surface area contributed by atoms with Crippen molar-refractivity contribution in [1.82, 2.24) is 9.88 Å². The van der Waals surface area contributed by atoms with E-state index in [9.17, 15) is 4.79 Å². The molecule has 2 aromatic rings. The first-order chi connectivity index (χ1) is 10.0. The number of hydrogen-bond donors (Lipinski definition) is 0. The van der Waals surface area contributed by atoms with Crippen LogP contribution in [0, 0.1) is 6.92 Å².